The fraction of sp³-hybridized carbons (Fsp3) is 0.647. The molecule has 1 aromatic rings. The largest absolute Gasteiger partial charge is 0.399 e. The topological polar surface area (TPSA) is 38.5 Å². The number of nitrogens with zero attached hydrogens (tertiary/aromatic N) is 1. The predicted octanol–water partition coefficient (Wildman–Crippen LogP) is 3.44. The van der Waals surface area contributed by atoms with Crippen LogP contribution in [-0.2, 0) is 11.3 Å². The fourth-order valence-electron chi connectivity index (χ4n) is 2.88. The van der Waals surface area contributed by atoms with Gasteiger partial charge < -0.3 is 10.5 Å². The summed E-state index contributed by atoms with van der Waals surface area (Å²) in [6.45, 7) is 6.57. The van der Waals surface area contributed by atoms with Crippen molar-refractivity contribution in [1.82, 2.24) is 4.90 Å². The molecule has 3 heteroatoms. The Bertz CT molecular complexity index is 371. The van der Waals surface area contributed by atoms with Crippen LogP contribution in [0.1, 0.15) is 44.6 Å². The number of hydrogen-bond acceptors (Lipinski definition) is 3. The van der Waals surface area contributed by atoms with Crippen LogP contribution in [0, 0.1) is 0 Å². The van der Waals surface area contributed by atoms with Crippen molar-refractivity contribution in [2.45, 2.75) is 51.7 Å². The molecule has 0 spiro atoms. The molecule has 0 amide bonds. The summed E-state index contributed by atoms with van der Waals surface area (Å²) in [5.41, 5.74) is 7.93. The molecule has 2 rings (SSSR count). The summed E-state index contributed by atoms with van der Waals surface area (Å²) in [5, 5.41) is 0. The molecule has 1 saturated heterocycles. The summed E-state index contributed by atoms with van der Waals surface area (Å²) in [6, 6.07) is 8.26. The van der Waals surface area contributed by atoms with Crippen LogP contribution in [0.4, 0.5) is 5.69 Å². The van der Waals surface area contributed by atoms with Gasteiger partial charge in [-0.2, -0.15) is 0 Å². The third-order valence-electron chi connectivity index (χ3n) is 3.95. The summed E-state index contributed by atoms with van der Waals surface area (Å²) in [7, 11) is 0. The maximum absolute atomic E-state index is 5.74. The first kappa shape index (κ1) is 15.3. The Morgan fingerprint density at radius 2 is 2.05 bits per heavy atom. The highest BCUT2D eigenvalue weighted by atomic mass is 16.5. The van der Waals surface area contributed by atoms with E-state index in [0.717, 1.165) is 31.9 Å². The number of nitrogen functional groups attached to an aromatic ring is 1. The Labute approximate surface area is 123 Å². The lowest BCUT2D eigenvalue weighted by Gasteiger charge is -2.22. The average Bonchev–Trinajstić information content (AvgIpc) is 2.95. The van der Waals surface area contributed by atoms with Crippen LogP contribution in [0.3, 0.4) is 0 Å². The summed E-state index contributed by atoms with van der Waals surface area (Å²) < 4.78 is 5.69. The van der Waals surface area contributed by atoms with E-state index >= 15 is 0 Å². The van der Waals surface area contributed by atoms with Crippen molar-refractivity contribution in [3.05, 3.63) is 29.8 Å². The van der Waals surface area contributed by atoms with Crippen LogP contribution in [0.25, 0.3) is 0 Å². The highest BCUT2D eigenvalue weighted by molar-refractivity contribution is 5.39. The normalized spacial score (nSPS) is 18.8. The Balaban J connectivity index is 1.75. The van der Waals surface area contributed by atoms with E-state index in [1.807, 2.05) is 12.1 Å². The van der Waals surface area contributed by atoms with E-state index in [1.54, 1.807) is 0 Å². The minimum Gasteiger partial charge on any atom is -0.399 e. The molecule has 1 aliphatic rings. The zero-order valence-corrected chi connectivity index (χ0v) is 12.7. The highest BCUT2D eigenvalue weighted by Gasteiger charge is 2.15. The van der Waals surface area contributed by atoms with E-state index in [2.05, 4.69) is 24.0 Å². The molecule has 1 unspecified atom stereocenters. The van der Waals surface area contributed by atoms with Crippen molar-refractivity contribution < 1.29 is 4.74 Å². The van der Waals surface area contributed by atoms with Crippen molar-refractivity contribution in [2.24, 2.45) is 0 Å². The molecular formula is C17H28N2O. The molecule has 0 saturated carbocycles. The molecule has 1 aromatic carbocycles. The van der Waals surface area contributed by atoms with Gasteiger partial charge >= 0.3 is 0 Å². The van der Waals surface area contributed by atoms with Crippen LogP contribution in [-0.4, -0.2) is 30.7 Å². The number of rotatable bonds is 8. The quantitative estimate of drug-likeness (QED) is 0.739. The zero-order valence-electron chi connectivity index (χ0n) is 12.7. The average molecular weight is 276 g/mol. The van der Waals surface area contributed by atoms with E-state index in [9.17, 15) is 0 Å². The summed E-state index contributed by atoms with van der Waals surface area (Å²) >= 11 is 0. The Morgan fingerprint density at radius 1 is 1.25 bits per heavy atom. The van der Waals surface area contributed by atoms with Gasteiger partial charge in [-0.3, -0.25) is 4.90 Å². The van der Waals surface area contributed by atoms with Gasteiger partial charge in [-0.25, -0.2) is 0 Å². The van der Waals surface area contributed by atoms with E-state index in [1.165, 1.54) is 37.7 Å². The number of ether oxygens (including phenoxy) is 1. The zero-order chi connectivity index (χ0) is 14.2. The third-order valence-corrected chi connectivity index (χ3v) is 3.95. The van der Waals surface area contributed by atoms with Gasteiger partial charge in [0, 0.05) is 18.8 Å². The SMILES string of the molecule is CCCN(CCCC1CCCO1)Cc1ccc(N)cc1. The monoisotopic (exact) mass is 276 g/mol. The highest BCUT2D eigenvalue weighted by Crippen LogP contribution is 2.17. The first-order chi connectivity index (χ1) is 9.78. The second-order valence-electron chi connectivity index (χ2n) is 5.79. The van der Waals surface area contributed by atoms with Gasteiger partial charge in [0.15, 0.2) is 0 Å². The van der Waals surface area contributed by atoms with Gasteiger partial charge in [-0.15, -0.1) is 0 Å². The standard InChI is InChI=1S/C17H28N2O/c1-2-11-19(12-3-5-17-6-4-13-20-17)14-15-7-9-16(18)10-8-15/h7-10,17H,2-6,11-14,18H2,1H3. The maximum atomic E-state index is 5.74. The lowest BCUT2D eigenvalue weighted by Crippen LogP contribution is -2.26. The number of benzene rings is 1. The second-order valence-corrected chi connectivity index (χ2v) is 5.79. The van der Waals surface area contributed by atoms with Crippen LogP contribution in [0.2, 0.25) is 0 Å². The molecule has 3 nitrogen and oxygen atoms in total. The molecule has 112 valence electrons. The van der Waals surface area contributed by atoms with Gasteiger partial charge in [0.05, 0.1) is 6.10 Å². The van der Waals surface area contributed by atoms with Gasteiger partial charge in [-0.1, -0.05) is 19.1 Å². The maximum Gasteiger partial charge on any atom is 0.0576 e. The summed E-state index contributed by atoms with van der Waals surface area (Å²) in [6.07, 6.45) is 6.67. The van der Waals surface area contributed by atoms with Crippen molar-refractivity contribution in [2.75, 3.05) is 25.4 Å². The van der Waals surface area contributed by atoms with Crippen LogP contribution < -0.4 is 5.73 Å². The second kappa shape index (κ2) is 8.28. The molecule has 1 aliphatic heterocycles. The molecule has 1 atom stereocenters. The number of hydrogen-bond donors (Lipinski definition) is 1. The van der Waals surface area contributed by atoms with Gasteiger partial charge in [0.1, 0.15) is 0 Å². The number of nitrogens with two attached hydrogens (primary N) is 1. The molecular weight excluding hydrogens is 248 g/mol. The molecule has 1 heterocycles. The van der Waals surface area contributed by atoms with E-state index in [0.29, 0.717) is 6.10 Å². The molecule has 0 aliphatic carbocycles. The Morgan fingerprint density at radius 3 is 2.70 bits per heavy atom. The van der Waals surface area contributed by atoms with E-state index in [4.69, 9.17) is 10.5 Å². The number of anilines is 1. The molecule has 20 heavy (non-hydrogen) atoms. The van der Waals surface area contributed by atoms with Gasteiger partial charge in [0.25, 0.3) is 0 Å². The van der Waals surface area contributed by atoms with Crippen molar-refractivity contribution >= 4 is 5.69 Å². The lowest BCUT2D eigenvalue weighted by molar-refractivity contribution is 0.0983. The van der Waals surface area contributed by atoms with E-state index < -0.39 is 0 Å². The Kier molecular flexibility index (Phi) is 6.34. The van der Waals surface area contributed by atoms with Crippen molar-refractivity contribution in [1.29, 1.82) is 0 Å². The first-order valence-corrected chi connectivity index (χ1v) is 7.96. The smallest absolute Gasteiger partial charge is 0.0576 e. The van der Waals surface area contributed by atoms with Crippen LogP contribution in [0.15, 0.2) is 24.3 Å². The van der Waals surface area contributed by atoms with Crippen LogP contribution in [0.5, 0.6) is 0 Å². The summed E-state index contributed by atoms with van der Waals surface area (Å²) in [4.78, 5) is 2.54. The van der Waals surface area contributed by atoms with Gasteiger partial charge in [-0.05, 0) is 62.9 Å². The molecule has 0 radical (unpaired) electrons. The minimum absolute atomic E-state index is 0.523. The lowest BCUT2D eigenvalue weighted by atomic mass is 10.1. The van der Waals surface area contributed by atoms with Crippen molar-refractivity contribution in [3.63, 3.8) is 0 Å². The minimum atomic E-state index is 0.523. The fourth-order valence-corrected chi connectivity index (χ4v) is 2.88. The van der Waals surface area contributed by atoms with Crippen molar-refractivity contribution in [3.8, 4) is 0 Å². The molecule has 0 aromatic heterocycles. The molecule has 0 bridgehead atoms. The summed E-state index contributed by atoms with van der Waals surface area (Å²) in [5.74, 6) is 0. The molecule has 1 fully saturated rings. The predicted molar refractivity (Wildman–Crippen MR) is 84.6 cm³/mol. The van der Waals surface area contributed by atoms with Crippen LogP contribution >= 0.6 is 0 Å². The first-order valence-electron chi connectivity index (χ1n) is 7.96. The van der Waals surface area contributed by atoms with Gasteiger partial charge in [0.2, 0.25) is 0 Å². The third kappa shape index (κ3) is 5.14. The Hall–Kier alpha value is -1.06. The van der Waals surface area contributed by atoms with E-state index in [-0.39, 0.29) is 0 Å². The molecule has 2 N–H and O–H groups in total.